The summed E-state index contributed by atoms with van der Waals surface area (Å²) >= 11 is 0. The van der Waals surface area contributed by atoms with Crippen LogP contribution in [0.3, 0.4) is 0 Å². The number of nitrogens with zero attached hydrogens (tertiary/aromatic N) is 2. The lowest BCUT2D eigenvalue weighted by molar-refractivity contribution is -0.136. The SMILES string of the molecule is CC(C)(C)OC(=O)N1CCCC[C@H]1c1ccc2c(c1)CN(C1CCC(=O)NC1=O)C2=O. The van der Waals surface area contributed by atoms with Crippen molar-refractivity contribution in [1.29, 1.82) is 0 Å². The van der Waals surface area contributed by atoms with E-state index >= 15 is 0 Å². The third-order valence-corrected chi connectivity index (χ3v) is 6.06. The molecule has 0 aliphatic carbocycles. The molecule has 166 valence electrons. The van der Waals surface area contributed by atoms with E-state index in [-0.39, 0.29) is 30.4 Å². The smallest absolute Gasteiger partial charge is 0.410 e. The minimum absolute atomic E-state index is 0.103. The summed E-state index contributed by atoms with van der Waals surface area (Å²) in [6.07, 6.45) is 3.04. The number of imide groups is 1. The number of fused-ring (bicyclic) bond motifs is 1. The predicted molar refractivity (Wildman–Crippen MR) is 112 cm³/mol. The van der Waals surface area contributed by atoms with Gasteiger partial charge in [0.2, 0.25) is 11.8 Å². The van der Waals surface area contributed by atoms with Gasteiger partial charge in [-0.05, 0) is 63.6 Å². The van der Waals surface area contributed by atoms with Gasteiger partial charge in [0.05, 0.1) is 6.04 Å². The summed E-state index contributed by atoms with van der Waals surface area (Å²) in [5.74, 6) is -0.906. The van der Waals surface area contributed by atoms with Gasteiger partial charge in [-0.25, -0.2) is 4.79 Å². The number of rotatable bonds is 2. The largest absolute Gasteiger partial charge is 0.444 e. The molecule has 3 aliphatic heterocycles. The van der Waals surface area contributed by atoms with E-state index in [2.05, 4.69) is 5.32 Å². The fraction of sp³-hybridized carbons (Fsp3) is 0.565. The first-order valence-corrected chi connectivity index (χ1v) is 10.9. The Labute approximate surface area is 181 Å². The maximum Gasteiger partial charge on any atom is 0.410 e. The van der Waals surface area contributed by atoms with Gasteiger partial charge in [0, 0.05) is 25.1 Å². The quantitative estimate of drug-likeness (QED) is 0.732. The monoisotopic (exact) mass is 427 g/mol. The van der Waals surface area contributed by atoms with E-state index < -0.39 is 17.6 Å². The van der Waals surface area contributed by atoms with Crippen LogP contribution in [-0.2, 0) is 20.9 Å². The van der Waals surface area contributed by atoms with Crippen molar-refractivity contribution in [2.45, 2.75) is 77.1 Å². The van der Waals surface area contributed by atoms with E-state index in [1.165, 1.54) is 0 Å². The number of ether oxygens (including phenoxy) is 1. The number of amides is 4. The van der Waals surface area contributed by atoms with E-state index in [4.69, 9.17) is 4.74 Å². The summed E-state index contributed by atoms with van der Waals surface area (Å²) < 4.78 is 5.61. The van der Waals surface area contributed by atoms with Gasteiger partial charge in [-0.15, -0.1) is 0 Å². The Kier molecular flexibility index (Phi) is 5.49. The highest BCUT2D eigenvalue weighted by atomic mass is 16.6. The zero-order valence-electron chi connectivity index (χ0n) is 18.3. The van der Waals surface area contributed by atoms with Crippen LogP contribution in [0.4, 0.5) is 4.79 Å². The van der Waals surface area contributed by atoms with Gasteiger partial charge in [0.15, 0.2) is 0 Å². The minimum atomic E-state index is -0.631. The topological polar surface area (TPSA) is 96.0 Å². The van der Waals surface area contributed by atoms with Gasteiger partial charge in [0.25, 0.3) is 5.91 Å². The van der Waals surface area contributed by atoms with Crippen molar-refractivity contribution in [3.63, 3.8) is 0 Å². The van der Waals surface area contributed by atoms with E-state index in [1.54, 1.807) is 15.9 Å². The highest BCUT2D eigenvalue weighted by Gasteiger charge is 2.40. The van der Waals surface area contributed by atoms with Crippen molar-refractivity contribution in [3.8, 4) is 0 Å². The Bertz CT molecular complexity index is 936. The third-order valence-electron chi connectivity index (χ3n) is 6.06. The molecular formula is C23H29N3O5. The normalized spacial score (nSPS) is 24.2. The van der Waals surface area contributed by atoms with Gasteiger partial charge >= 0.3 is 6.09 Å². The first-order chi connectivity index (χ1) is 14.6. The van der Waals surface area contributed by atoms with Gasteiger partial charge in [-0.1, -0.05) is 12.1 Å². The molecule has 4 rings (SSSR count). The Balaban J connectivity index is 1.55. The summed E-state index contributed by atoms with van der Waals surface area (Å²) in [6, 6.07) is 4.94. The van der Waals surface area contributed by atoms with Crippen molar-refractivity contribution in [2.24, 2.45) is 0 Å². The lowest BCUT2D eigenvalue weighted by Gasteiger charge is -2.37. The molecule has 0 radical (unpaired) electrons. The van der Waals surface area contributed by atoms with Crippen LogP contribution in [0, 0.1) is 0 Å². The van der Waals surface area contributed by atoms with Gasteiger partial charge in [-0.2, -0.15) is 0 Å². The predicted octanol–water partition coefficient (Wildman–Crippen LogP) is 2.91. The van der Waals surface area contributed by atoms with Crippen molar-refractivity contribution in [1.82, 2.24) is 15.1 Å². The molecule has 1 aromatic rings. The zero-order valence-corrected chi connectivity index (χ0v) is 18.3. The first kappa shape index (κ1) is 21.3. The van der Waals surface area contributed by atoms with Gasteiger partial charge in [0.1, 0.15) is 11.6 Å². The van der Waals surface area contributed by atoms with E-state index in [9.17, 15) is 19.2 Å². The molecule has 0 aromatic heterocycles. The van der Waals surface area contributed by atoms with Crippen LogP contribution >= 0.6 is 0 Å². The standard InChI is InChI=1S/C23H29N3O5/c1-23(2,3)31-22(30)25-11-5-4-6-17(25)14-7-8-16-15(12-14)13-26(21(16)29)18-9-10-19(27)24-20(18)28/h7-8,12,17-18H,4-6,9-11,13H2,1-3H3,(H,24,27,28)/t17-,18?/m0/s1. The highest BCUT2D eigenvalue weighted by Crippen LogP contribution is 2.35. The lowest BCUT2D eigenvalue weighted by Crippen LogP contribution is -2.52. The average Bonchev–Trinajstić information content (AvgIpc) is 3.02. The second kappa shape index (κ2) is 7.98. The Morgan fingerprint density at radius 3 is 2.58 bits per heavy atom. The molecule has 0 saturated carbocycles. The summed E-state index contributed by atoms with van der Waals surface area (Å²) in [6.45, 7) is 6.53. The molecule has 2 atom stereocenters. The summed E-state index contributed by atoms with van der Waals surface area (Å²) in [4.78, 5) is 52.7. The number of hydrogen-bond acceptors (Lipinski definition) is 5. The Hall–Kier alpha value is -2.90. The summed E-state index contributed by atoms with van der Waals surface area (Å²) in [5, 5.41) is 2.32. The van der Waals surface area contributed by atoms with Crippen molar-refractivity contribution >= 4 is 23.8 Å². The van der Waals surface area contributed by atoms with Crippen molar-refractivity contribution in [2.75, 3.05) is 6.54 Å². The Morgan fingerprint density at radius 2 is 1.87 bits per heavy atom. The molecule has 0 spiro atoms. The van der Waals surface area contributed by atoms with Crippen LogP contribution in [0.15, 0.2) is 18.2 Å². The number of hydrogen-bond donors (Lipinski definition) is 1. The highest BCUT2D eigenvalue weighted by molar-refractivity contribution is 6.05. The molecule has 1 aromatic carbocycles. The number of benzene rings is 1. The van der Waals surface area contributed by atoms with E-state index in [0.717, 1.165) is 30.4 Å². The minimum Gasteiger partial charge on any atom is -0.444 e. The summed E-state index contributed by atoms with van der Waals surface area (Å²) in [7, 11) is 0. The van der Waals surface area contributed by atoms with Crippen LogP contribution in [-0.4, -0.2) is 51.8 Å². The molecule has 1 unspecified atom stereocenters. The number of nitrogens with one attached hydrogen (secondary N) is 1. The van der Waals surface area contributed by atoms with E-state index in [0.29, 0.717) is 25.1 Å². The molecule has 2 saturated heterocycles. The molecule has 31 heavy (non-hydrogen) atoms. The molecule has 8 nitrogen and oxygen atoms in total. The number of carbonyl (C=O) groups excluding carboxylic acids is 4. The molecule has 2 fully saturated rings. The van der Waals surface area contributed by atoms with Crippen LogP contribution in [0.2, 0.25) is 0 Å². The average molecular weight is 428 g/mol. The van der Waals surface area contributed by atoms with Crippen LogP contribution in [0.1, 0.15) is 80.4 Å². The van der Waals surface area contributed by atoms with Crippen LogP contribution < -0.4 is 5.32 Å². The number of likely N-dealkylation sites (tertiary alicyclic amines) is 1. The molecule has 8 heteroatoms. The molecule has 3 heterocycles. The third kappa shape index (κ3) is 4.29. The maximum absolute atomic E-state index is 12.9. The van der Waals surface area contributed by atoms with Gasteiger partial charge in [-0.3, -0.25) is 19.7 Å². The Morgan fingerprint density at radius 1 is 1.10 bits per heavy atom. The van der Waals surface area contributed by atoms with Crippen LogP contribution in [0.5, 0.6) is 0 Å². The molecule has 0 bridgehead atoms. The summed E-state index contributed by atoms with van der Waals surface area (Å²) in [5.41, 5.74) is 1.84. The molecule has 1 N–H and O–H groups in total. The molecular weight excluding hydrogens is 398 g/mol. The van der Waals surface area contributed by atoms with Crippen molar-refractivity contribution < 1.29 is 23.9 Å². The van der Waals surface area contributed by atoms with E-state index in [1.807, 2.05) is 32.9 Å². The second-order valence-electron chi connectivity index (χ2n) is 9.50. The molecule has 3 aliphatic rings. The fourth-order valence-corrected chi connectivity index (χ4v) is 4.62. The first-order valence-electron chi connectivity index (χ1n) is 10.9. The van der Waals surface area contributed by atoms with Crippen LogP contribution in [0.25, 0.3) is 0 Å². The lowest BCUT2D eigenvalue weighted by atomic mass is 9.93. The fourth-order valence-electron chi connectivity index (χ4n) is 4.62. The van der Waals surface area contributed by atoms with Crippen molar-refractivity contribution in [3.05, 3.63) is 34.9 Å². The second-order valence-corrected chi connectivity index (χ2v) is 9.50. The number of carbonyl (C=O) groups is 4. The zero-order chi connectivity index (χ0) is 22.3. The van der Waals surface area contributed by atoms with Gasteiger partial charge < -0.3 is 14.5 Å². The maximum atomic E-state index is 12.9. The molecule has 4 amide bonds. The number of piperidine rings is 2.